The second kappa shape index (κ2) is 8.79. The first kappa shape index (κ1) is 24.6. The van der Waals surface area contributed by atoms with Crippen LogP contribution >= 0.6 is 0 Å². The molecule has 2 amide bonds. The molecule has 0 aliphatic carbocycles. The zero-order valence-corrected chi connectivity index (χ0v) is 21.5. The maximum atomic E-state index is 13.7. The molecule has 5 rings (SSSR count). The molecule has 10 heteroatoms. The van der Waals surface area contributed by atoms with E-state index in [0.29, 0.717) is 36.4 Å². The van der Waals surface area contributed by atoms with E-state index in [1.54, 1.807) is 28.0 Å². The van der Waals surface area contributed by atoms with Gasteiger partial charge >= 0.3 is 0 Å². The number of H-pyrrole nitrogens is 1. The van der Waals surface area contributed by atoms with Crippen molar-refractivity contribution in [3.63, 3.8) is 0 Å². The van der Waals surface area contributed by atoms with Crippen molar-refractivity contribution < 1.29 is 18.4 Å². The Balaban J connectivity index is 1.47. The number of hydrogen-bond donors (Lipinski definition) is 1. The number of hydrogen-bond acceptors (Lipinski definition) is 6. The van der Waals surface area contributed by atoms with E-state index in [1.807, 2.05) is 19.9 Å². The van der Waals surface area contributed by atoms with Gasteiger partial charge in [-0.05, 0) is 49.6 Å². The zero-order chi connectivity index (χ0) is 26.5. The van der Waals surface area contributed by atoms with E-state index in [0.717, 1.165) is 11.1 Å². The van der Waals surface area contributed by atoms with Gasteiger partial charge in [0.15, 0.2) is 11.3 Å². The van der Waals surface area contributed by atoms with Crippen LogP contribution in [0.15, 0.2) is 47.1 Å². The van der Waals surface area contributed by atoms with E-state index in [-0.39, 0.29) is 34.6 Å². The van der Waals surface area contributed by atoms with Crippen molar-refractivity contribution >= 4 is 22.9 Å². The smallest absolute Gasteiger partial charge is 0.291 e. The van der Waals surface area contributed by atoms with E-state index < -0.39 is 5.54 Å². The van der Waals surface area contributed by atoms with E-state index in [2.05, 4.69) is 36.0 Å². The lowest BCUT2D eigenvalue weighted by Gasteiger charge is -2.46. The molecule has 0 atom stereocenters. The first-order valence-corrected chi connectivity index (χ1v) is 12.1. The summed E-state index contributed by atoms with van der Waals surface area (Å²) >= 11 is 0. The predicted molar refractivity (Wildman–Crippen MR) is 136 cm³/mol. The van der Waals surface area contributed by atoms with Gasteiger partial charge in [-0.1, -0.05) is 20.8 Å². The largest absolute Gasteiger partial charge is 0.449 e. The minimum atomic E-state index is -0.649. The van der Waals surface area contributed by atoms with E-state index in [4.69, 9.17) is 9.40 Å². The average molecular weight is 505 g/mol. The Kier molecular flexibility index (Phi) is 5.85. The lowest BCUT2D eigenvalue weighted by molar-refractivity contribution is 0.0146. The van der Waals surface area contributed by atoms with Gasteiger partial charge in [-0.25, -0.2) is 14.4 Å². The Morgan fingerprint density at radius 1 is 1.08 bits per heavy atom. The summed E-state index contributed by atoms with van der Waals surface area (Å²) in [4.78, 5) is 38.5. The van der Waals surface area contributed by atoms with Crippen molar-refractivity contribution in [3.8, 4) is 11.3 Å². The molecule has 0 radical (unpaired) electrons. The molecular weight excluding hydrogens is 475 g/mol. The van der Waals surface area contributed by atoms with Crippen LogP contribution in [0.3, 0.4) is 0 Å². The van der Waals surface area contributed by atoms with Crippen molar-refractivity contribution in [3.05, 3.63) is 65.7 Å². The molecule has 1 aliphatic rings. The highest BCUT2D eigenvalue weighted by atomic mass is 19.1. The third-order valence-corrected chi connectivity index (χ3v) is 6.69. The fraction of sp³-hybridized carbons (Fsp3) is 0.370. The number of pyridine rings is 1. The highest BCUT2D eigenvalue weighted by molar-refractivity contribution is 5.97. The van der Waals surface area contributed by atoms with Crippen LogP contribution in [0.5, 0.6) is 0 Å². The molecule has 4 heterocycles. The SMILES string of the molecule is CC(C)(C)c1cc(-c2ccc(F)cc2)nc2cc(C(=O)N3CCN(C(=O)c4ncn[nH]4)CC3(C)C)oc12. The van der Waals surface area contributed by atoms with Crippen molar-refractivity contribution in [1.29, 1.82) is 0 Å². The number of nitrogens with zero attached hydrogens (tertiary/aromatic N) is 5. The Labute approximate surface area is 213 Å². The fourth-order valence-electron chi connectivity index (χ4n) is 4.75. The Morgan fingerprint density at radius 3 is 2.43 bits per heavy atom. The van der Waals surface area contributed by atoms with Gasteiger partial charge in [0.1, 0.15) is 17.7 Å². The van der Waals surface area contributed by atoms with Gasteiger partial charge in [-0.2, -0.15) is 5.10 Å². The zero-order valence-electron chi connectivity index (χ0n) is 21.5. The molecule has 1 saturated heterocycles. The van der Waals surface area contributed by atoms with Gasteiger partial charge in [0.05, 0.1) is 11.2 Å². The third-order valence-electron chi connectivity index (χ3n) is 6.69. The van der Waals surface area contributed by atoms with Crippen LogP contribution in [0.2, 0.25) is 0 Å². The molecule has 0 unspecified atom stereocenters. The number of furan rings is 1. The van der Waals surface area contributed by atoms with Crippen LogP contribution in [0.1, 0.15) is 61.4 Å². The molecular formula is C27H29FN6O3. The highest BCUT2D eigenvalue weighted by Crippen LogP contribution is 2.35. The van der Waals surface area contributed by atoms with Gasteiger partial charge in [0.25, 0.3) is 11.8 Å². The molecule has 0 bridgehead atoms. The number of benzene rings is 1. The number of carbonyl (C=O) groups is 2. The average Bonchev–Trinajstić information content (AvgIpc) is 3.52. The third kappa shape index (κ3) is 4.59. The Morgan fingerprint density at radius 2 is 1.81 bits per heavy atom. The van der Waals surface area contributed by atoms with E-state index >= 15 is 0 Å². The Bertz CT molecular complexity index is 1470. The quantitative estimate of drug-likeness (QED) is 0.442. The molecule has 1 aliphatic heterocycles. The summed E-state index contributed by atoms with van der Waals surface area (Å²) in [5.74, 6) is -0.480. The molecule has 192 valence electrons. The summed E-state index contributed by atoms with van der Waals surface area (Å²) in [6.45, 7) is 11.0. The number of aromatic amines is 1. The van der Waals surface area contributed by atoms with Crippen LogP contribution < -0.4 is 0 Å². The summed E-state index contributed by atoms with van der Waals surface area (Å²) in [5.41, 5.74) is 2.53. The van der Waals surface area contributed by atoms with Crippen LogP contribution in [-0.4, -0.2) is 67.0 Å². The van der Waals surface area contributed by atoms with Gasteiger partial charge < -0.3 is 14.2 Å². The fourth-order valence-corrected chi connectivity index (χ4v) is 4.75. The first-order chi connectivity index (χ1) is 17.4. The lowest BCUT2D eigenvalue weighted by Crippen LogP contribution is -2.62. The number of halogens is 1. The molecule has 0 spiro atoms. The van der Waals surface area contributed by atoms with Crippen molar-refractivity contribution in [1.82, 2.24) is 30.0 Å². The van der Waals surface area contributed by atoms with Gasteiger partial charge in [0, 0.05) is 36.8 Å². The molecule has 4 aromatic rings. The van der Waals surface area contributed by atoms with Crippen molar-refractivity contribution in [2.45, 2.75) is 45.6 Å². The molecule has 0 saturated carbocycles. The number of nitrogens with one attached hydrogen (secondary N) is 1. The van der Waals surface area contributed by atoms with Crippen LogP contribution in [-0.2, 0) is 5.41 Å². The first-order valence-electron chi connectivity index (χ1n) is 12.1. The normalized spacial score (nSPS) is 15.8. The summed E-state index contributed by atoms with van der Waals surface area (Å²) in [6, 6.07) is 9.77. The maximum absolute atomic E-state index is 13.7. The Hall–Kier alpha value is -4.08. The second-order valence-electron chi connectivity index (χ2n) is 11.0. The molecule has 3 aromatic heterocycles. The maximum Gasteiger partial charge on any atom is 0.291 e. The lowest BCUT2D eigenvalue weighted by atomic mass is 9.86. The number of fused-ring (bicyclic) bond motifs is 1. The second-order valence-corrected chi connectivity index (χ2v) is 11.0. The summed E-state index contributed by atoms with van der Waals surface area (Å²) in [7, 11) is 0. The highest BCUT2D eigenvalue weighted by Gasteiger charge is 2.40. The van der Waals surface area contributed by atoms with Crippen LogP contribution in [0.4, 0.5) is 4.39 Å². The summed E-state index contributed by atoms with van der Waals surface area (Å²) < 4.78 is 19.6. The van der Waals surface area contributed by atoms with Crippen LogP contribution in [0, 0.1) is 5.82 Å². The van der Waals surface area contributed by atoms with Crippen molar-refractivity contribution in [2.24, 2.45) is 0 Å². The number of aromatic nitrogens is 4. The molecule has 1 N–H and O–H groups in total. The molecule has 37 heavy (non-hydrogen) atoms. The van der Waals surface area contributed by atoms with Gasteiger partial charge in [0.2, 0.25) is 5.82 Å². The predicted octanol–water partition coefficient (Wildman–Crippen LogP) is 4.43. The summed E-state index contributed by atoms with van der Waals surface area (Å²) in [6.07, 6.45) is 1.29. The van der Waals surface area contributed by atoms with E-state index in [1.165, 1.54) is 18.5 Å². The topological polar surface area (TPSA) is 108 Å². The minimum absolute atomic E-state index is 0.172. The van der Waals surface area contributed by atoms with Crippen molar-refractivity contribution in [2.75, 3.05) is 19.6 Å². The number of carbonyl (C=O) groups excluding carboxylic acids is 2. The standard InChI is InChI=1S/C27H29FN6O3/c1-26(2,3)18-12-19(16-6-8-17(28)9-7-16)31-20-13-21(37-22(18)20)24(35)34-11-10-33(14-27(34,4)5)25(36)23-29-15-30-32-23/h6-9,12-13,15H,10-11,14H2,1-5H3,(H,29,30,32). The van der Waals surface area contributed by atoms with E-state index in [9.17, 15) is 14.0 Å². The summed E-state index contributed by atoms with van der Waals surface area (Å²) in [5, 5.41) is 6.35. The van der Waals surface area contributed by atoms with Gasteiger partial charge in [-0.3, -0.25) is 14.7 Å². The molecule has 1 aromatic carbocycles. The number of amides is 2. The number of piperazine rings is 1. The molecule has 9 nitrogen and oxygen atoms in total. The van der Waals surface area contributed by atoms with Crippen LogP contribution in [0.25, 0.3) is 22.4 Å². The number of rotatable bonds is 3. The minimum Gasteiger partial charge on any atom is -0.449 e. The molecule has 1 fully saturated rings. The monoisotopic (exact) mass is 504 g/mol. The van der Waals surface area contributed by atoms with Gasteiger partial charge in [-0.15, -0.1) is 0 Å².